The van der Waals surface area contributed by atoms with Crippen LogP contribution in [0, 0.1) is 0 Å². The smallest absolute Gasteiger partial charge is 0.328 e. The van der Waals surface area contributed by atoms with Crippen LogP contribution >= 0.6 is 11.3 Å². The lowest BCUT2D eigenvalue weighted by Gasteiger charge is -2.22. The van der Waals surface area contributed by atoms with Crippen LogP contribution in [0.25, 0.3) is 0 Å². The van der Waals surface area contributed by atoms with Crippen molar-refractivity contribution in [1.29, 1.82) is 0 Å². The summed E-state index contributed by atoms with van der Waals surface area (Å²) in [6.07, 6.45) is 7.10. The van der Waals surface area contributed by atoms with E-state index in [4.69, 9.17) is 4.74 Å². The van der Waals surface area contributed by atoms with Crippen molar-refractivity contribution in [2.75, 3.05) is 13.7 Å². The molecular weight excluding hydrogens is 298 g/mol. The van der Waals surface area contributed by atoms with Crippen molar-refractivity contribution in [3.8, 4) is 0 Å². The van der Waals surface area contributed by atoms with Gasteiger partial charge in [-0.15, -0.1) is 11.3 Å². The van der Waals surface area contributed by atoms with Crippen LogP contribution in [0.3, 0.4) is 0 Å². The Balaban J connectivity index is 2.11. The maximum atomic E-state index is 12.6. The maximum Gasteiger partial charge on any atom is 0.328 e. The van der Waals surface area contributed by atoms with Gasteiger partial charge in [-0.25, -0.2) is 4.79 Å². The van der Waals surface area contributed by atoms with Crippen LogP contribution in [0.15, 0.2) is 6.07 Å². The van der Waals surface area contributed by atoms with Gasteiger partial charge in [0.1, 0.15) is 6.04 Å². The van der Waals surface area contributed by atoms with Crippen LogP contribution in [0.2, 0.25) is 0 Å². The number of fused-ring (bicyclic) bond motifs is 1. The van der Waals surface area contributed by atoms with E-state index in [9.17, 15) is 9.59 Å². The van der Waals surface area contributed by atoms with Crippen LogP contribution in [0.5, 0.6) is 0 Å². The highest BCUT2D eigenvalue weighted by atomic mass is 32.1. The fourth-order valence-electron chi connectivity index (χ4n) is 2.72. The van der Waals surface area contributed by atoms with Crippen molar-refractivity contribution in [2.45, 2.75) is 58.4 Å². The molecule has 0 unspecified atom stereocenters. The molecule has 22 heavy (non-hydrogen) atoms. The number of thiophene rings is 1. The Morgan fingerprint density at radius 1 is 1.27 bits per heavy atom. The number of esters is 1. The molecule has 4 nitrogen and oxygen atoms in total. The summed E-state index contributed by atoms with van der Waals surface area (Å²) in [5.74, 6) is -0.439. The molecule has 1 heterocycles. The van der Waals surface area contributed by atoms with Crippen molar-refractivity contribution >= 4 is 23.2 Å². The number of likely N-dealkylation sites (N-methyl/N-ethyl adjacent to an activating group) is 1. The quantitative estimate of drug-likeness (QED) is 0.798. The molecule has 5 heteroatoms. The van der Waals surface area contributed by atoms with E-state index >= 15 is 0 Å². The van der Waals surface area contributed by atoms with Gasteiger partial charge in [0.2, 0.25) is 0 Å². The van der Waals surface area contributed by atoms with Crippen LogP contribution < -0.4 is 0 Å². The zero-order valence-corrected chi connectivity index (χ0v) is 14.5. The van der Waals surface area contributed by atoms with E-state index in [1.807, 2.05) is 6.07 Å². The van der Waals surface area contributed by atoms with E-state index in [-0.39, 0.29) is 11.9 Å². The molecule has 0 fully saturated rings. The van der Waals surface area contributed by atoms with Crippen molar-refractivity contribution in [2.24, 2.45) is 0 Å². The van der Waals surface area contributed by atoms with Gasteiger partial charge in [0.05, 0.1) is 11.5 Å². The summed E-state index contributed by atoms with van der Waals surface area (Å²) in [7, 11) is 1.67. The monoisotopic (exact) mass is 323 g/mol. The second-order valence-electron chi connectivity index (χ2n) is 5.82. The summed E-state index contributed by atoms with van der Waals surface area (Å²) in [6, 6.07) is 1.47. The second kappa shape index (κ2) is 7.77. The minimum atomic E-state index is -0.558. The van der Waals surface area contributed by atoms with Crippen molar-refractivity contribution in [3.05, 3.63) is 21.4 Å². The third kappa shape index (κ3) is 3.88. The first kappa shape index (κ1) is 17.0. The minimum absolute atomic E-state index is 0.0858. The first-order valence-corrected chi connectivity index (χ1v) is 8.91. The molecule has 1 aromatic rings. The van der Waals surface area contributed by atoms with E-state index in [1.54, 1.807) is 32.2 Å². The summed E-state index contributed by atoms with van der Waals surface area (Å²) in [5, 5.41) is 0. The van der Waals surface area contributed by atoms with Gasteiger partial charge >= 0.3 is 5.97 Å². The predicted octanol–water partition coefficient (Wildman–Crippen LogP) is 3.43. The lowest BCUT2D eigenvalue weighted by Crippen LogP contribution is -2.41. The standard InChI is InChI=1S/C17H25NO3S/c1-4-21-17(20)12(2)18(3)16(19)15-11-13-9-7-5-6-8-10-14(13)22-15/h11-12H,4-10H2,1-3H3/t12-/m1/s1. The van der Waals surface area contributed by atoms with Gasteiger partial charge in [-0.2, -0.15) is 0 Å². The third-order valence-electron chi connectivity index (χ3n) is 4.24. The lowest BCUT2D eigenvalue weighted by atomic mass is 10.00. The molecule has 1 atom stereocenters. The molecule has 0 N–H and O–H groups in total. The number of carbonyl (C=O) groups is 2. The molecule has 1 aliphatic carbocycles. The zero-order valence-electron chi connectivity index (χ0n) is 13.7. The summed E-state index contributed by atoms with van der Waals surface area (Å²) >= 11 is 1.59. The van der Waals surface area contributed by atoms with Crippen LogP contribution in [0.4, 0.5) is 0 Å². The van der Waals surface area contributed by atoms with Crippen LogP contribution in [0.1, 0.15) is 59.6 Å². The molecule has 122 valence electrons. The molecular formula is C17H25NO3S. The zero-order chi connectivity index (χ0) is 16.1. The Morgan fingerprint density at radius 2 is 1.95 bits per heavy atom. The molecule has 1 aromatic heterocycles. The van der Waals surface area contributed by atoms with Gasteiger partial charge in [-0.1, -0.05) is 12.8 Å². The number of aryl methyl sites for hydroxylation is 2. The minimum Gasteiger partial charge on any atom is -0.464 e. The Bertz CT molecular complexity index is 513. The molecule has 2 rings (SSSR count). The van der Waals surface area contributed by atoms with E-state index < -0.39 is 6.04 Å². The largest absolute Gasteiger partial charge is 0.464 e. The molecule has 1 amide bonds. The molecule has 0 aromatic carbocycles. The van der Waals surface area contributed by atoms with Gasteiger partial charge in [-0.05, 0) is 51.2 Å². The van der Waals surface area contributed by atoms with E-state index in [0.29, 0.717) is 6.61 Å². The highest BCUT2D eigenvalue weighted by molar-refractivity contribution is 7.14. The summed E-state index contributed by atoms with van der Waals surface area (Å²) in [4.78, 5) is 28.0. The number of nitrogens with zero attached hydrogens (tertiary/aromatic N) is 1. The van der Waals surface area contributed by atoms with Crippen molar-refractivity contribution < 1.29 is 14.3 Å². The first-order valence-electron chi connectivity index (χ1n) is 8.10. The Morgan fingerprint density at radius 3 is 2.64 bits per heavy atom. The number of amides is 1. The maximum absolute atomic E-state index is 12.6. The van der Waals surface area contributed by atoms with Crippen LogP contribution in [-0.4, -0.2) is 36.5 Å². The Hall–Kier alpha value is -1.36. The molecule has 0 spiro atoms. The van der Waals surface area contributed by atoms with E-state index in [1.165, 1.54) is 41.0 Å². The van der Waals surface area contributed by atoms with Gasteiger partial charge in [-0.3, -0.25) is 4.79 Å². The number of ether oxygens (including phenoxy) is 1. The number of carbonyl (C=O) groups excluding carboxylic acids is 2. The summed E-state index contributed by atoms with van der Waals surface area (Å²) < 4.78 is 5.00. The van der Waals surface area contributed by atoms with Gasteiger partial charge < -0.3 is 9.64 Å². The van der Waals surface area contributed by atoms with Gasteiger partial charge in [0, 0.05) is 11.9 Å². The number of rotatable bonds is 4. The van der Waals surface area contributed by atoms with Crippen LogP contribution in [-0.2, 0) is 22.4 Å². The predicted molar refractivity (Wildman–Crippen MR) is 88.4 cm³/mol. The highest BCUT2D eigenvalue weighted by Crippen LogP contribution is 2.29. The molecule has 0 saturated carbocycles. The summed E-state index contributed by atoms with van der Waals surface area (Å²) in [5.41, 5.74) is 1.32. The fourth-order valence-corrected chi connectivity index (χ4v) is 3.96. The lowest BCUT2D eigenvalue weighted by molar-refractivity contribution is -0.147. The van der Waals surface area contributed by atoms with Crippen molar-refractivity contribution in [3.63, 3.8) is 0 Å². The molecule has 0 radical (unpaired) electrons. The highest BCUT2D eigenvalue weighted by Gasteiger charge is 2.26. The van der Waals surface area contributed by atoms with E-state index in [0.717, 1.165) is 17.7 Å². The van der Waals surface area contributed by atoms with E-state index in [2.05, 4.69) is 0 Å². The molecule has 1 aliphatic rings. The average Bonchev–Trinajstić information content (AvgIpc) is 2.87. The first-order chi connectivity index (χ1) is 10.5. The topological polar surface area (TPSA) is 46.6 Å². The third-order valence-corrected chi connectivity index (χ3v) is 5.46. The Kier molecular flexibility index (Phi) is 6.00. The normalized spacial score (nSPS) is 16.1. The molecule has 0 aliphatic heterocycles. The van der Waals surface area contributed by atoms with Gasteiger partial charge in [0.15, 0.2) is 0 Å². The fraction of sp³-hybridized carbons (Fsp3) is 0.647. The summed E-state index contributed by atoms with van der Waals surface area (Å²) in [6.45, 7) is 3.81. The second-order valence-corrected chi connectivity index (χ2v) is 6.95. The van der Waals surface area contributed by atoms with Gasteiger partial charge in [0.25, 0.3) is 5.91 Å². The molecule has 0 bridgehead atoms. The number of hydrogen-bond acceptors (Lipinski definition) is 4. The SMILES string of the molecule is CCOC(=O)[C@@H](C)N(C)C(=O)c1cc2c(s1)CCCCCC2. The van der Waals surface area contributed by atoms with Crippen molar-refractivity contribution in [1.82, 2.24) is 4.90 Å². The Labute approximate surface area is 136 Å². The molecule has 0 saturated heterocycles. The number of hydrogen-bond donors (Lipinski definition) is 0. The average molecular weight is 323 g/mol.